The number of esters is 1. The zero-order valence-electron chi connectivity index (χ0n) is 21.2. The van der Waals surface area contributed by atoms with Gasteiger partial charge < -0.3 is 25.7 Å². The van der Waals surface area contributed by atoms with Gasteiger partial charge in [-0.05, 0) is 36.8 Å². The van der Waals surface area contributed by atoms with Crippen LogP contribution in [0.3, 0.4) is 0 Å². The van der Waals surface area contributed by atoms with E-state index in [0.29, 0.717) is 28.6 Å². The number of rotatable bonds is 8. The largest absolute Gasteiger partial charge is 0.462 e. The third-order valence-electron chi connectivity index (χ3n) is 5.88. The van der Waals surface area contributed by atoms with Crippen molar-refractivity contribution in [2.24, 2.45) is 0 Å². The molecule has 5 rings (SSSR count). The van der Waals surface area contributed by atoms with Gasteiger partial charge in [-0.15, -0.1) is 10.2 Å². The van der Waals surface area contributed by atoms with Gasteiger partial charge in [0, 0.05) is 17.3 Å². The summed E-state index contributed by atoms with van der Waals surface area (Å²) in [5.74, 6) is 0.494. The molecule has 0 saturated carbocycles. The fourth-order valence-corrected chi connectivity index (χ4v) is 4.07. The van der Waals surface area contributed by atoms with Crippen molar-refractivity contribution in [2.45, 2.75) is 6.92 Å². The van der Waals surface area contributed by atoms with Gasteiger partial charge in [0.2, 0.25) is 0 Å². The molecule has 194 valence electrons. The molecular formula is C30H27N7O2. The molecular weight excluding hydrogens is 490 g/mol. The number of anilines is 4. The van der Waals surface area contributed by atoms with Crippen molar-refractivity contribution in [1.82, 2.24) is 15.2 Å². The molecule has 2 aromatic heterocycles. The van der Waals surface area contributed by atoms with Crippen molar-refractivity contribution in [1.29, 1.82) is 5.41 Å². The normalized spacial score (nSPS) is 10.5. The predicted octanol–water partition coefficient (Wildman–Crippen LogP) is 6.52. The minimum Gasteiger partial charge on any atom is -0.462 e. The van der Waals surface area contributed by atoms with Crippen LogP contribution in [0, 0.1) is 5.41 Å². The van der Waals surface area contributed by atoms with Crippen molar-refractivity contribution >= 4 is 34.9 Å². The number of hydrogen-bond acceptors (Lipinski definition) is 6. The smallest absolute Gasteiger partial charge is 0.342 e. The number of carbonyl (C=O) groups excluding carboxylic acids is 1. The van der Waals surface area contributed by atoms with Gasteiger partial charge in [0.05, 0.1) is 23.7 Å². The topological polar surface area (TPSA) is 128 Å². The molecule has 5 aromatic rings. The summed E-state index contributed by atoms with van der Waals surface area (Å²) in [6.07, 6.45) is 1.78. The Morgan fingerprint density at radius 1 is 0.821 bits per heavy atom. The number of ether oxygens (including phenoxy) is 1. The molecule has 9 heteroatoms. The maximum absolute atomic E-state index is 12.9. The van der Waals surface area contributed by atoms with E-state index in [1.54, 1.807) is 19.2 Å². The third kappa shape index (κ3) is 5.94. The highest BCUT2D eigenvalue weighted by Gasteiger charge is 2.22. The van der Waals surface area contributed by atoms with Gasteiger partial charge >= 0.3 is 5.97 Å². The Morgan fingerprint density at radius 2 is 1.49 bits per heavy atom. The SMILES string of the molecule is CCOC(=O)c1c(-c2ccccc2)c[nH]c1Nc1ccccc1NC(=N)Nc1ccc(-c2ccccc2)nn1. The predicted molar refractivity (Wildman–Crippen MR) is 154 cm³/mol. The van der Waals surface area contributed by atoms with Gasteiger partial charge in [0.15, 0.2) is 11.8 Å². The van der Waals surface area contributed by atoms with Crippen LogP contribution in [0.1, 0.15) is 17.3 Å². The van der Waals surface area contributed by atoms with Crippen molar-refractivity contribution in [2.75, 3.05) is 22.6 Å². The number of carbonyl (C=O) groups is 1. The highest BCUT2D eigenvalue weighted by atomic mass is 16.5. The van der Waals surface area contributed by atoms with Crippen LogP contribution < -0.4 is 16.0 Å². The summed E-state index contributed by atoms with van der Waals surface area (Å²) in [5.41, 5.74) is 5.01. The first-order chi connectivity index (χ1) is 19.1. The molecule has 39 heavy (non-hydrogen) atoms. The van der Waals surface area contributed by atoms with E-state index in [2.05, 4.69) is 31.1 Å². The summed E-state index contributed by atoms with van der Waals surface area (Å²) < 4.78 is 5.35. The average molecular weight is 518 g/mol. The number of nitrogens with one attached hydrogen (secondary N) is 5. The molecule has 0 bridgehead atoms. The van der Waals surface area contributed by atoms with Crippen molar-refractivity contribution in [3.8, 4) is 22.4 Å². The molecule has 0 aliphatic rings. The quantitative estimate of drug-likeness (QED) is 0.0901. The third-order valence-corrected chi connectivity index (χ3v) is 5.88. The molecule has 0 atom stereocenters. The molecule has 0 aliphatic carbocycles. The Kier molecular flexibility index (Phi) is 7.59. The summed E-state index contributed by atoms with van der Waals surface area (Å²) in [5, 5.41) is 26.2. The van der Waals surface area contributed by atoms with Crippen molar-refractivity contribution < 1.29 is 9.53 Å². The first-order valence-corrected chi connectivity index (χ1v) is 12.4. The Hall–Kier alpha value is -5.44. The van der Waals surface area contributed by atoms with Crippen LogP contribution in [0.2, 0.25) is 0 Å². The lowest BCUT2D eigenvalue weighted by Crippen LogP contribution is -2.22. The van der Waals surface area contributed by atoms with E-state index in [9.17, 15) is 4.79 Å². The number of nitrogens with zero attached hydrogens (tertiary/aromatic N) is 2. The molecule has 0 radical (unpaired) electrons. The average Bonchev–Trinajstić information content (AvgIpc) is 3.39. The van der Waals surface area contributed by atoms with Crippen LogP contribution in [0.15, 0.2) is 103 Å². The van der Waals surface area contributed by atoms with E-state index in [4.69, 9.17) is 10.1 Å². The van der Waals surface area contributed by atoms with Crippen LogP contribution in [0.5, 0.6) is 0 Å². The van der Waals surface area contributed by atoms with Gasteiger partial charge in [0.25, 0.3) is 0 Å². The van der Waals surface area contributed by atoms with Crippen LogP contribution in [-0.2, 0) is 4.74 Å². The van der Waals surface area contributed by atoms with Crippen LogP contribution in [-0.4, -0.2) is 33.7 Å². The van der Waals surface area contributed by atoms with E-state index < -0.39 is 5.97 Å². The lowest BCUT2D eigenvalue weighted by atomic mass is 10.0. The Morgan fingerprint density at radius 3 is 2.15 bits per heavy atom. The molecule has 0 aliphatic heterocycles. The number of benzene rings is 3. The van der Waals surface area contributed by atoms with Crippen LogP contribution in [0.25, 0.3) is 22.4 Å². The maximum Gasteiger partial charge on any atom is 0.342 e. The summed E-state index contributed by atoms with van der Waals surface area (Å²) in [6, 6.07) is 30.4. The molecule has 2 heterocycles. The van der Waals surface area contributed by atoms with Gasteiger partial charge in [-0.1, -0.05) is 72.8 Å². The minimum absolute atomic E-state index is 0.00749. The van der Waals surface area contributed by atoms with E-state index in [0.717, 1.165) is 22.4 Å². The highest BCUT2D eigenvalue weighted by Crippen LogP contribution is 2.33. The molecule has 0 saturated heterocycles. The summed E-state index contributed by atoms with van der Waals surface area (Å²) in [6.45, 7) is 2.03. The van der Waals surface area contributed by atoms with Crippen LogP contribution in [0.4, 0.5) is 23.0 Å². The number of aromatic amines is 1. The molecule has 0 fully saturated rings. The summed E-state index contributed by atoms with van der Waals surface area (Å²) in [7, 11) is 0. The minimum atomic E-state index is -0.433. The van der Waals surface area contributed by atoms with Gasteiger partial charge in [-0.3, -0.25) is 5.41 Å². The highest BCUT2D eigenvalue weighted by molar-refractivity contribution is 6.05. The number of para-hydroxylation sites is 2. The lowest BCUT2D eigenvalue weighted by Gasteiger charge is -2.15. The number of hydrogen-bond donors (Lipinski definition) is 5. The second-order valence-corrected chi connectivity index (χ2v) is 8.50. The Labute approximate surface area is 225 Å². The summed E-state index contributed by atoms with van der Waals surface area (Å²) in [4.78, 5) is 16.1. The van der Waals surface area contributed by atoms with Crippen molar-refractivity contribution in [3.63, 3.8) is 0 Å². The zero-order chi connectivity index (χ0) is 27.0. The summed E-state index contributed by atoms with van der Waals surface area (Å²) >= 11 is 0. The first-order valence-electron chi connectivity index (χ1n) is 12.4. The first kappa shape index (κ1) is 25.2. The zero-order valence-corrected chi connectivity index (χ0v) is 21.2. The molecule has 0 unspecified atom stereocenters. The van der Waals surface area contributed by atoms with E-state index in [1.165, 1.54) is 0 Å². The monoisotopic (exact) mass is 517 g/mol. The second-order valence-electron chi connectivity index (χ2n) is 8.50. The van der Waals surface area contributed by atoms with Gasteiger partial charge in [-0.2, -0.15) is 0 Å². The molecule has 0 amide bonds. The standard InChI is InChI=1S/C30H27N7O2/c1-2-39-29(38)27-22(20-11-5-3-6-12-20)19-32-28(27)33-24-15-9-10-16-25(24)34-30(31)35-26-18-17-23(36-37-26)21-13-7-4-8-14-21/h3-19,32-33H,2H2,1H3,(H3,31,34,35,37). The van der Waals surface area contributed by atoms with Gasteiger partial charge in [0.1, 0.15) is 11.4 Å². The number of guanidine groups is 1. The second kappa shape index (κ2) is 11.7. The van der Waals surface area contributed by atoms with E-state index >= 15 is 0 Å². The van der Waals surface area contributed by atoms with Crippen LogP contribution >= 0.6 is 0 Å². The molecule has 5 N–H and O–H groups in total. The fraction of sp³-hybridized carbons (Fsp3) is 0.0667. The van der Waals surface area contributed by atoms with Gasteiger partial charge in [-0.25, -0.2) is 4.79 Å². The van der Waals surface area contributed by atoms with Crippen molar-refractivity contribution in [3.05, 3.63) is 109 Å². The Balaban J connectivity index is 1.34. The number of aromatic nitrogens is 3. The fourth-order valence-electron chi connectivity index (χ4n) is 4.07. The molecule has 0 spiro atoms. The number of H-pyrrole nitrogens is 1. The lowest BCUT2D eigenvalue weighted by molar-refractivity contribution is 0.0528. The molecule has 3 aromatic carbocycles. The Bertz CT molecular complexity index is 1570. The van der Waals surface area contributed by atoms with E-state index in [-0.39, 0.29) is 12.6 Å². The molecule has 9 nitrogen and oxygen atoms in total. The maximum atomic E-state index is 12.9. The van der Waals surface area contributed by atoms with E-state index in [1.807, 2.05) is 91.0 Å².